The third-order valence-electron chi connectivity index (χ3n) is 4.88. The van der Waals surface area contributed by atoms with Crippen LogP contribution < -0.4 is 4.72 Å². The molecule has 1 N–H and O–H groups in total. The van der Waals surface area contributed by atoms with Crippen LogP contribution in [-0.4, -0.2) is 38.9 Å². The van der Waals surface area contributed by atoms with Crippen LogP contribution >= 0.6 is 0 Å². The molecule has 1 aliphatic heterocycles. The number of carbonyl (C=O) groups excluding carboxylic acids is 1. The van der Waals surface area contributed by atoms with E-state index in [-0.39, 0.29) is 10.8 Å². The van der Waals surface area contributed by atoms with Crippen molar-refractivity contribution >= 4 is 15.9 Å². The summed E-state index contributed by atoms with van der Waals surface area (Å²) in [5, 5.41) is 0. The second-order valence-corrected chi connectivity index (χ2v) is 8.93. The third kappa shape index (κ3) is 5.17. The Kier molecular flexibility index (Phi) is 6.29. The highest BCUT2D eigenvalue weighted by Gasteiger charge is 2.23. The molecule has 27 heavy (non-hydrogen) atoms. The average Bonchev–Trinajstić information content (AvgIpc) is 2.68. The second-order valence-electron chi connectivity index (χ2n) is 7.16. The molecule has 0 radical (unpaired) electrons. The Balaban J connectivity index is 1.67. The van der Waals surface area contributed by atoms with Gasteiger partial charge in [0.25, 0.3) is 5.91 Å². The molecule has 0 spiro atoms. The molecule has 5 nitrogen and oxygen atoms in total. The molecule has 1 fully saturated rings. The van der Waals surface area contributed by atoms with Crippen molar-refractivity contribution in [3.63, 3.8) is 0 Å². The predicted octanol–water partition coefficient (Wildman–Crippen LogP) is 3.08. The molecule has 1 amide bonds. The Morgan fingerprint density at radius 1 is 1.15 bits per heavy atom. The van der Waals surface area contributed by atoms with Crippen molar-refractivity contribution in [2.75, 3.05) is 19.6 Å². The predicted molar refractivity (Wildman–Crippen MR) is 106 cm³/mol. The van der Waals surface area contributed by atoms with E-state index in [0.29, 0.717) is 24.4 Å². The highest BCUT2D eigenvalue weighted by Crippen LogP contribution is 2.19. The highest BCUT2D eigenvalue weighted by molar-refractivity contribution is 7.89. The molecule has 144 valence electrons. The monoisotopic (exact) mass is 386 g/mol. The topological polar surface area (TPSA) is 66.5 Å². The standard InChI is InChI=1S/C21H26N2O3S/c1-17-7-6-14-23(16-17)21(24)19-10-5-11-20(15-19)27(25,26)22-13-12-18-8-3-2-4-9-18/h2-5,8-11,15,17,22H,6-7,12-14,16H2,1H3. The number of hydrogen-bond acceptors (Lipinski definition) is 3. The van der Waals surface area contributed by atoms with E-state index in [1.807, 2.05) is 35.2 Å². The van der Waals surface area contributed by atoms with Gasteiger partial charge in [0.2, 0.25) is 10.0 Å². The van der Waals surface area contributed by atoms with Crippen LogP contribution in [0.2, 0.25) is 0 Å². The maximum absolute atomic E-state index is 12.7. The lowest BCUT2D eigenvalue weighted by Gasteiger charge is -2.31. The highest BCUT2D eigenvalue weighted by atomic mass is 32.2. The summed E-state index contributed by atoms with van der Waals surface area (Å²) in [5.74, 6) is 0.386. The molecule has 0 aromatic heterocycles. The van der Waals surface area contributed by atoms with Gasteiger partial charge in [-0.15, -0.1) is 0 Å². The first-order chi connectivity index (χ1) is 13.0. The van der Waals surface area contributed by atoms with Gasteiger partial charge in [-0.25, -0.2) is 13.1 Å². The van der Waals surface area contributed by atoms with Crippen molar-refractivity contribution in [2.24, 2.45) is 5.92 Å². The Labute approximate surface area is 161 Å². The Morgan fingerprint density at radius 2 is 1.93 bits per heavy atom. The summed E-state index contributed by atoms with van der Waals surface area (Å²) in [6.45, 7) is 3.91. The molecule has 2 aromatic carbocycles. The molecule has 1 unspecified atom stereocenters. The van der Waals surface area contributed by atoms with Gasteiger partial charge in [0.15, 0.2) is 0 Å². The molecule has 0 aliphatic carbocycles. The van der Waals surface area contributed by atoms with Gasteiger partial charge in [-0.2, -0.15) is 0 Å². The van der Waals surface area contributed by atoms with E-state index < -0.39 is 10.0 Å². The fourth-order valence-corrected chi connectivity index (χ4v) is 4.49. The van der Waals surface area contributed by atoms with E-state index in [0.717, 1.165) is 31.5 Å². The number of nitrogens with one attached hydrogen (secondary N) is 1. The number of likely N-dealkylation sites (tertiary alicyclic amines) is 1. The fraction of sp³-hybridized carbons (Fsp3) is 0.381. The average molecular weight is 387 g/mol. The Morgan fingerprint density at radius 3 is 2.67 bits per heavy atom. The van der Waals surface area contributed by atoms with E-state index in [1.54, 1.807) is 12.1 Å². The van der Waals surface area contributed by atoms with Crippen molar-refractivity contribution < 1.29 is 13.2 Å². The van der Waals surface area contributed by atoms with Crippen LogP contribution in [0.25, 0.3) is 0 Å². The Hall–Kier alpha value is -2.18. The van der Waals surface area contributed by atoms with Gasteiger partial charge in [0.1, 0.15) is 0 Å². The van der Waals surface area contributed by atoms with E-state index >= 15 is 0 Å². The number of carbonyl (C=O) groups is 1. The molecular formula is C21H26N2O3S. The first-order valence-corrected chi connectivity index (χ1v) is 10.9. The van der Waals surface area contributed by atoms with E-state index in [4.69, 9.17) is 0 Å². The van der Waals surface area contributed by atoms with Gasteiger partial charge in [-0.05, 0) is 48.9 Å². The van der Waals surface area contributed by atoms with E-state index in [1.165, 1.54) is 12.1 Å². The SMILES string of the molecule is CC1CCCN(C(=O)c2cccc(S(=O)(=O)NCCc3ccccc3)c2)C1. The van der Waals surface area contributed by atoms with Crippen molar-refractivity contribution in [1.82, 2.24) is 9.62 Å². The van der Waals surface area contributed by atoms with Crippen LogP contribution in [0.15, 0.2) is 59.5 Å². The number of rotatable bonds is 6. The minimum Gasteiger partial charge on any atom is -0.338 e. The maximum atomic E-state index is 12.7. The molecule has 0 bridgehead atoms. The lowest BCUT2D eigenvalue weighted by Crippen LogP contribution is -2.39. The van der Waals surface area contributed by atoms with E-state index in [9.17, 15) is 13.2 Å². The number of benzene rings is 2. The molecule has 1 aliphatic rings. The zero-order valence-corrected chi connectivity index (χ0v) is 16.4. The molecule has 1 atom stereocenters. The number of sulfonamides is 1. The zero-order valence-electron chi connectivity index (χ0n) is 15.6. The minimum atomic E-state index is -3.65. The third-order valence-corrected chi connectivity index (χ3v) is 6.34. The van der Waals surface area contributed by atoms with E-state index in [2.05, 4.69) is 11.6 Å². The normalized spacial score (nSPS) is 17.7. The zero-order chi connectivity index (χ0) is 19.3. The largest absolute Gasteiger partial charge is 0.338 e. The molecule has 2 aromatic rings. The number of hydrogen-bond donors (Lipinski definition) is 1. The fourth-order valence-electron chi connectivity index (χ4n) is 3.41. The second kappa shape index (κ2) is 8.67. The summed E-state index contributed by atoms with van der Waals surface area (Å²) in [6.07, 6.45) is 2.74. The summed E-state index contributed by atoms with van der Waals surface area (Å²) in [6, 6.07) is 16.0. The molecule has 0 saturated carbocycles. The van der Waals surface area contributed by atoms with Crippen molar-refractivity contribution in [3.8, 4) is 0 Å². The summed E-state index contributed by atoms with van der Waals surface area (Å²) < 4.78 is 27.8. The van der Waals surface area contributed by atoms with Crippen molar-refractivity contribution in [2.45, 2.75) is 31.1 Å². The van der Waals surface area contributed by atoms with Gasteiger partial charge in [-0.1, -0.05) is 43.3 Å². The number of piperidine rings is 1. The lowest BCUT2D eigenvalue weighted by atomic mass is 9.99. The minimum absolute atomic E-state index is 0.0946. The quantitative estimate of drug-likeness (QED) is 0.830. The Bertz CT molecular complexity index is 881. The van der Waals surface area contributed by atoms with Crippen molar-refractivity contribution in [3.05, 3.63) is 65.7 Å². The van der Waals surface area contributed by atoms with Crippen LogP contribution in [-0.2, 0) is 16.4 Å². The van der Waals surface area contributed by atoms with Crippen LogP contribution in [0.1, 0.15) is 35.7 Å². The molecule has 6 heteroatoms. The van der Waals surface area contributed by atoms with Crippen LogP contribution in [0.3, 0.4) is 0 Å². The summed E-state index contributed by atoms with van der Waals surface area (Å²) in [5.41, 5.74) is 1.50. The van der Waals surface area contributed by atoms with Crippen LogP contribution in [0, 0.1) is 5.92 Å². The smallest absolute Gasteiger partial charge is 0.253 e. The number of nitrogens with zero attached hydrogens (tertiary/aromatic N) is 1. The lowest BCUT2D eigenvalue weighted by molar-refractivity contribution is 0.0683. The van der Waals surface area contributed by atoms with Gasteiger partial charge < -0.3 is 4.90 Å². The van der Waals surface area contributed by atoms with Crippen molar-refractivity contribution in [1.29, 1.82) is 0 Å². The summed E-state index contributed by atoms with van der Waals surface area (Å²) in [4.78, 5) is 14.7. The maximum Gasteiger partial charge on any atom is 0.253 e. The molecular weight excluding hydrogens is 360 g/mol. The first kappa shape index (κ1) is 19.6. The van der Waals surface area contributed by atoms with Gasteiger partial charge in [0, 0.05) is 25.2 Å². The number of amides is 1. The van der Waals surface area contributed by atoms with Crippen LogP contribution in [0.4, 0.5) is 0 Å². The molecule has 1 heterocycles. The molecule has 1 saturated heterocycles. The summed E-state index contributed by atoms with van der Waals surface area (Å²) in [7, 11) is -3.65. The van der Waals surface area contributed by atoms with Gasteiger partial charge in [-0.3, -0.25) is 4.79 Å². The van der Waals surface area contributed by atoms with Gasteiger partial charge in [0.05, 0.1) is 4.90 Å². The first-order valence-electron chi connectivity index (χ1n) is 9.38. The summed E-state index contributed by atoms with van der Waals surface area (Å²) >= 11 is 0. The van der Waals surface area contributed by atoms with Gasteiger partial charge >= 0.3 is 0 Å². The molecule has 3 rings (SSSR count). The van der Waals surface area contributed by atoms with Crippen LogP contribution in [0.5, 0.6) is 0 Å².